The summed E-state index contributed by atoms with van der Waals surface area (Å²) in [5, 5.41) is 10.2. The number of rotatable bonds is 9. The van der Waals surface area contributed by atoms with E-state index in [0.717, 1.165) is 17.6 Å². The van der Waals surface area contributed by atoms with Crippen LogP contribution in [0.25, 0.3) is 0 Å². The van der Waals surface area contributed by atoms with Crippen LogP contribution in [0.15, 0.2) is 9.42 Å². The molecule has 188 valence electrons. The molecule has 8 heteroatoms. The lowest BCUT2D eigenvalue weighted by molar-refractivity contribution is -0.130. The van der Waals surface area contributed by atoms with Crippen LogP contribution in [0.3, 0.4) is 0 Å². The molecule has 0 radical (unpaired) electrons. The minimum absolute atomic E-state index is 0.101. The maximum atomic E-state index is 13.4. The van der Waals surface area contributed by atoms with Crippen molar-refractivity contribution in [3.63, 3.8) is 0 Å². The first-order valence-electron chi connectivity index (χ1n) is 13.1. The molecule has 0 aromatic carbocycles. The molecule has 5 aliphatic carbocycles. The third-order valence-corrected chi connectivity index (χ3v) is 9.99. The first kappa shape index (κ1) is 24.0. The lowest BCUT2D eigenvalue weighted by Crippen LogP contribution is -2.55. The fourth-order valence-corrected chi connectivity index (χ4v) is 8.26. The summed E-state index contributed by atoms with van der Waals surface area (Å²) in [6, 6.07) is 0.245. The molecule has 0 aliphatic heterocycles. The molecule has 5 saturated carbocycles. The Labute approximate surface area is 206 Å². The number of nitrogens with one attached hydrogen (secondary N) is 2. The van der Waals surface area contributed by atoms with E-state index < -0.39 is 5.41 Å². The highest BCUT2D eigenvalue weighted by molar-refractivity contribution is 7.99. The van der Waals surface area contributed by atoms with Gasteiger partial charge in [-0.25, -0.2) is 0 Å². The Morgan fingerprint density at radius 1 is 1.09 bits per heavy atom. The van der Waals surface area contributed by atoms with Gasteiger partial charge in [0.25, 0.3) is 11.8 Å². The summed E-state index contributed by atoms with van der Waals surface area (Å²) in [7, 11) is 1.62. The van der Waals surface area contributed by atoms with Crippen molar-refractivity contribution in [1.29, 1.82) is 0 Å². The molecular formula is C26H39N3O4S. The SMILES string of the molecule is CNC(=O)C(C)(C)COc1noc(C(=O)NC2C3CC4CC(C3)CC2C4)c1SCC1CCCC1. The summed E-state index contributed by atoms with van der Waals surface area (Å²) in [6.45, 7) is 3.82. The zero-order chi connectivity index (χ0) is 23.9. The first-order valence-corrected chi connectivity index (χ1v) is 14.1. The molecule has 0 saturated heterocycles. The van der Waals surface area contributed by atoms with Gasteiger partial charge < -0.3 is 19.9 Å². The van der Waals surface area contributed by atoms with Gasteiger partial charge in [-0.1, -0.05) is 12.8 Å². The van der Waals surface area contributed by atoms with Crippen LogP contribution in [0.2, 0.25) is 0 Å². The number of hydrogen-bond acceptors (Lipinski definition) is 6. The third kappa shape index (κ3) is 4.84. The zero-order valence-electron chi connectivity index (χ0n) is 20.7. The van der Waals surface area contributed by atoms with E-state index in [-0.39, 0.29) is 30.2 Å². The average Bonchev–Trinajstić information content (AvgIpc) is 3.47. The summed E-state index contributed by atoms with van der Waals surface area (Å²) < 4.78 is 11.6. The van der Waals surface area contributed by atoms with Gasteiger partial charge in [-0.2, -0.15) is 0 Å². The lowest BCUT2D eigenvalue weighted by Gasteiger charge is -2.54. The predicted octanol–water partition coefficient (Wildman–Crippen LogP) is 4.66. The highest BCUT2D eigenvalue weighted by Gasteiger charge is 2.49. The second kappa shape index (κ2) is 9.75. The minimum Gasteiger partial charge on any atom is -0.474 e. The fourth-order valence-electron chi connectivity index (χ4n) is 7.04. The van der Waals surface area contributed by atoms with E-state index in [4.69, 9.17) is 9.26 Å². The van der Waals surface area contributed by atoms with Gasteiger partial charge in [-0.15, -0.1) is 11.8 Å². The van der Waals surface area contributed by atoms with Crippen molar-refractivity contribution in [3.05, 3.63) is 5.76 Å². The van der Waals surface area contributed by atoms with Crippen molar-refractivity contribution in [2.45, 2.75) is 82.6 Å². The van der Waals surface area contributed by atoms with Crippen molar-refractivity contribution in [2.24, 2.45) is 35.0 Å². The molecule has 34 heavy (non-hydrogen) atoms. The van der Waals surface area contributed by atoms with Gasteiger partial charge >= 0.3 is 0 Å². The number of amides is 2. The van der Waals surface area contributed by atoms with E-state index in [1.165, 1.54) is 57.8 Å². The molecule has 7 nitrogen and oxygen atoms in total. The molecule has 4 bridgehead atoms. The Hall–Kier alpha value is -1.70. The van der Waals surface area contributed by atoms with Gasteiger partial charge in [0, 0.05) is 18.8 Å². The fraction of sp³-hybridized carbons (Fsp3) is 0.808. The first-order chi connectivity index (χ1) is 16.3. The molecule has 5 fully saturated rings. The number of carbonyl (C=O) groups is 2. The second-order valence-electron chi connectivity index (χ2n) is 11.8. The molecule has 0 spiro atoms. The van der Waals surface area contributed by atoms with E-state index in [2.05, 4.69) is 15.8 Å². The van der Waals surface area contributed by atoms with Crippen molar-refractivity contribution in [3.8, 4) is 5.88 Å². The number of nitrogens with zero attached hydrogens (tertiary/aromatic N) is 1. The number of hydrogen-bond donors (Lipinski definition) is 2. The third-order valence-electron chi connectivity index (χ3n) is 8.70. The van der Waals surface area contributed by atoms with Crippen molar-refractivity contribution >= 4 is 23.6 Å². The number of thioether (sulfide) groups is 1. The standard InChI is InChI=1S/C26H39N3O4S/c1-26(2,25(31)27-3)14-32-24-22(34-13-15-6-4-5-7-15)21(33-29-24)23(30)28-20-18-9-16-8-17(11-18)12-19(20)10-16/h15-20H,4-14H2,1-3H3,(H,27,31)(H,28,30). The smallest absolute Gasteiger partial charge is 0.291 e. The molecular weight excluding hydrogens is 450 g/mol. The zero-order valence-corrected chi connectivity index (χ0v) is 21.5. The normalized spacial score (nSPS) is 30.5. The predicted molar refractivity (Wildman–Crippen MR) is 131 cm³/mol. The Morgan fingerprint density at radius 3 is 2.35 bits per heavy atom. The molecule has 1 aromatic rings. The Balaban J connectivity index is 1.31. The minimum atomic E-state index is -0.718. The van der Waals surface area contributed by atoms with Gasteiger partial charge in [0.1, 0.15) is 11.5 Å². The topological polar surface area (TPSA) is 93.5 Å². The van der Waals surface area contributed by atoms with Crippen molar-refractivity contribution in [2.75, 3.05) is 19.4 Å². The van der Waals surface area contributed by atoms with Crippen LogP contribution in [0, 0.1) is 35.0 Å². The van der Waals surface area contributed by atoms with Crippen LogP contribution in [0.1, 0.15) is 82.2 Å². The number of aromatic nitrogens is 1. The highest BCUT2D eigenvalue weighted by atomic mass is 32.2. The van der Waals surface area contributed by atoms with Crippen molar-refractivity contribution in [1.82, 2.24) is 15.8 Å². The van der Waals surface area contributed by atoms with Gasteiger partial charge in [-0.3, -0.25) is 9.59 Å². The quantitative estimate of drug-likeness (QED) is 0.490. The highest BCUT2D eigenvalue weighted by Crippen LogP contribution is 2.53. The van der Waals surface area contributed by atoms with E-state index in [9.17, 15) is 9.59 Å². The molecule has 5 aliphatic rings. The van der Waals surface area contributed by atoms with Crippen LogP contribution < -0.4 is 15.4 Å². The van der Waals surface area contributed by atoms with Gasteiger partial charge in [0.15, 0.2) is 0 Å². The Bertz CT molecular complexity index is 880. The Kier molecular flexibility index (Phi) is 6.88. The summed E-state index contributed by atoms with van der Waals surface area (Å²) >= 11 is 1.62. The molecule has 2 N–H and O–H groups in total. The summed E-state index contributed by atoms with van der Waals surface area (Å²) in [5.41, 5.74) is -0.718. The molecule has 0 unspecified atom stereocenters. The summed E-state index contributed by atoms with van der Waals surface area (Å²) in [6.07, 6.45) is 11.4. The van der Waals surface area contributed by atoms with E-state index in [0.29, 0.717) is 28.5 Å². The van der Waals surface area contributed by atoms with Crippen LogP contribution in [0.5, 0.6) is 5.88 Å². The van der Waals surface area contributed by atoms with E-state index in [1.54, 1.807) is 18.8 Å². The lowest BCUT2D eigenvalue weighted by atomic mass is 9.54. The molecule has 2 amide bonds. The molecule has 1 aromatic heterocycles. The summed E-state index contributed by atoms with van der Waals surface area (Å²) in [5.74, 6) is 4.83. The molecule has 1 heterocycles. The second-order valence-corrected chi connectivity index (χ2v) is 12.8. The van der Waals surface area contributed by atoms with E-state index >= 15 is 0 Å². The van der Waals surface area contributed by atoms with Crippen LogP contribution in [-0.4, -0.2) is 42.4 Å². The van der Waals surface area contributed by atoms with Gasteiger partial charge in [0.2, 0.25) is 11.7 Å². The van der Waals surface area contributed by atoms with Crippen LogP contribution in [0.4, 0.5) is 0 Å². The van der Waals surface area contributed by atoms with Crippen LogP contribution in [-0.2, 0) is 4.79 Å². The number of ether oxygens (including phenoxy) is 1. The van der Waals surface area contributed by atoms with Crippen molar-refractivity contribution < 1.29 is 18.8 Å². The maximum absolute atomic E-state index is 13.4. The molecule has 6 rings (SSSR count). The van der Waals surface area contributed by atoms with Gasteiger partial charge in [-0.05, 0) is 93.5 Å². The molecule has 0 atom stereocenters. The summed E-state index contributed by atoms with van der Waals surface area (Å²) in [4.78, 5) is 26.3. The number of carbonyl (C=O) groups excluding carboxylic acids is 2. The van der Waals surface area contributed by atoms with Crippen LogP contribution >= 0.6 is 11.8 Å². The Morgan fingerprint density at radius 2 is 1.74 bits per heavy atom. The van der Waals surface area contributed by atoms with E-state index in [1.807, 2.05) is 13.8 Å². The average molecular weight is 490 g/mol. The monoisotopic (exact) mass is 489 g/mol. The van der Waals surface area contributed by atoms with Gasteiger partial charge in [0.05, 0.1) is 5.41 Å². The maximum Gasteiger partial charge on any atom is 0.291 e. The largest absolute Gasteiger partial charge is 0.474 e.